The van der Waals surface area contributed by atoms with Crippen molar-refractivity contribution >= 4 is 34.0 Å². The molecule has 3 aromatic rings. The third-order valence-corrected chi connectivity index (χ3v) is 6.62. The van der Waals surface area contributed by atoms with Crippen LogP contribution in [0, 0.1) is 5.92 Å². The first kappa shape index (κ1) is 21.2. The Morgan fingerprint density at radius 3 is 2.60 bits per heavy atom. The van der Waals surface area contributed by atoms with Gasteiger partial charge in [-0.1, -0.05) is 36.2 Å². The Hall–Kier alpha value is -2.08. The molecule has 5 nitrogen and oxygen atoms in total. The first-order valence-corrected chi connectivity index (χ1v) is 10.9. The third-order valence-electron chi connectivity index (χ3n) is 5.81. The number of nitrogens with zero attached hydrogens (tertiary/aromatic N) is 2. The van der Waals surface area contributed by atoms with E-state index in [1.165, 1.54) is 12.8 Å². The summed E-state index contributed by atoms with van der Waals surface area (Å²) in [6.07, 6.45) is 4.31. The molecule has 0 aliphatic carbocycles. The van der Waals surface area contributed by atoms with Gasteiger partial charge in [0.15, 0.2) is 11.5 Å². The van der Waals surface area contributed by atoms with Crippen molar-refractivity contribution < 1.29 is 14.6 Å². The largest absolute Gasteiger partial charge is 0.494 e. The van der Waals surface area contributed by atoms with Crippen molar-refractivity contribution in [1.82, 2.24) is 9.47 Å². The van der Waals surface area contributed by atoms with Gasteiger partial charge in [0.25, 0.3) is 0 Å². The van der Waals surface area contributed by atoms with Crippen LogP contribution < -0.4 is 9.47 Å². The first-order valence-electron chi connectivity index (χ1n) is 10.2. The molecule has 160 valence electrons. The highest BCUT2D eigenvalue weighted by Crippen LogP contribution is 2.40. The molecule has 30 heavy (non-hydrogen) atoms. The first-order chi connectivity index (χ1) is 14.5. The van der Waals surface area contributed by atoms with Crippen LogP contribution in [0.2, 0.25) is 10.0 Å². The van der Waals surface area contributed by atoms with Crippen molar-refractivity contribution in [2.45, 2.75) is 19.8 Å². The summed E-state index contributed by atoms with van der Waals surface area (Å²) in [5.41, 5.74) is 0.749. The molecule has 1 saturated heterocycles. The number of fused-ring (bicyclic) bond motifs is 1. The molecule has 7 heteroatoms. The van der Waals surface area contributed by atoms with E-state index in [0.717, 1.165) is 36.6 Å². The molecule has 0 atom stereocenters. The second-order valence-corrected chi connectivity index (χ2v) is 8.64. The molecule has 0 bridgehead atoms. The van der Waals surface area contributed by atoms with E-state index in [1.54, 1.807) is 17.7 Å². The molecule has 1 N–H and O–H groups in total. The summed E-state index contributed by atoms with van der Waals surface area (Å²) in [6, 6.07) is 9.13. The van der Waals surface area contributed by atoms with Gasteiger partial charge in [-0.05, 0) is 50.0 Å². The molecule has 2 heterocycles. The van der Waals surface area contributed by atoms with Crippen molar-refractivity contribution in [3.63, 3.8) is 0 Å². The highest BCUT2D eigenvalue weighted by Gasteiger charge is 2.18. The molecular weight excluding hydrogens is 423 g/mol. The van der Waals surface area contributed by atoms with Gasteiger partial charge in [-0.15, -0.1) is 0 Å². The van der Waals surface area contributed by atoms with Gasteiger partial charge in [0.05, 0.1) is 28.2 Å². The minimum Gasteiger partial charge on any atom is -0.494 e. The topological polar surface area (TPSA) is 46.9 Å². The zero-order valence-corrected chi connectivity index (χ0v) is 18.7. The lowest BCUT2D eigenvalue weighted by Crippen LogP contribution is -2.35. The van der Waals surface area contributed by atoms with Crippen molar-refractivity contribution in [2.24, 2.45) is 5.92 Å². The van der Waals surface area contributed by atoms with Crippen LogP contribution in [0.4, 0.5) is 0 Å². The fraction of sp³-hybridized carbons (Fsp3) is 0.391. The van der Waals surface area contributed by atoms with Crippen LogP contribution in [0.1, 0.15) is 19.8 Å². The number of piperidine rings is 1. The molecule has 2 aromatic carbocycles. The maximum absolute atomic E-state index is 10.8. The number of hydrogen-bond donors (Lipinski definition) is 1. The maximum atomic E-state index is 10.8. The van der Waals surface area contributed by atoms with E-state index in [9.17, 15) is 5.11 Å². The van der Waals surface area contributed by atoms with Gasteiger partial charge in [-0.2, -0.15) is 0 Å². The molecule has 0 spiro atoms. The van der Waals surface area contributed by atoms with Crippen LogP contribution in [-0.4, -0.2) is 47.9 Å². The second kappa shape index (κ2) is 8.96. The van der Waals surface area contributed by atoms with Crippen LogP contribution >= 0.6 is 23.2 Å². The number of hydrogen-bond acceptors (Lipinski definition) is 4. The number of benzene rings is 2. The molecule has 1 aromatic heterocycles. The Balaban J connectivity index is 1.56. The summed E-state index contributed by atoms with van der Waals surface area (Å²) in [5.74, 6) is 2.15. The van der Waals surface area contributed by atoms with E-state index in [4.69, 9.17) is 32.7 Å². The molecule has 0 radical (unpaired) electrons. The minimum atomic E-state index is 0.0380. The van der Waals surface area contributed by atoms with Gasteiger partial charge in [0, 0.05) is 24.2 Å². The SMILES string of the molecule is COc1ccc(-n2cc3ccc(Cl)c(Cl)c3c2O)cc1OCCN1CCC(C)CC1. The fourth-order valence-corrected chi connectivity index (χ4v) is 4.33. The summed E-state index contributed by atoms with van der Waals surface area (Å²) in [7, 11) is 1.62. The maximum Gasteiger partial charge on any atom is 0.205 e. The Bertz CT molecular complexity index is 1040. The smallest absolute Gasteiger partial charge is 0.205 e. The highest BCUT2D eigenvalue weighted by molar-refractivity contribution is 6.45. The van der Waals surface area contributed by atoms with Crippen molar-refractivity contribution in [3.05, 3.63) is 46.6 Å². The van der Waals surface area contributed by atoms with E-state index < -0.39 is 0 Å². The predicted octanol–water partition coefficient (Wildman–Crippen LogP) is 5.76. The Morgan fingerprint density at radius 2 is 1.87 bits per heavy atom. The summed E-state index contributed by atoms with van der Waals surface area (Å²) >= 11 is 12.4. The fourth-order valence-electron chi connectivity index (χ4n) is 3.92. The molecular formula is C23H26Cl2N2O3. The van der Waals surface area contributed by atoms with Crippen molar-refractivity contribution in [3.8, 4) is 23.1 Å². The second-order valence-electron chi connectivity index (χ2n) is 7.86. The number of likely N-dealkylation sites (tertiary alicyclic amines) is 1. The molecule has 1 aliphatic rings. The van der Waals surface area contributed by atoms with Gasteiger partial charge in [0.2, 0.25) is 5.88 Å². The molecule has 4 rings (SSSR count). The average molecular weight is 449 g/mol. The van der Waals surface area contributed by atoms with Gasteiger partial charge >= 0.3 is 0 Å². The van der Waals surface area contributed by atoms with Gasteiger partial charge in [0.1, 0.15) is 6.61 Å². The Morgan fingerprint density at radius 1 is 1.10 bits per heavy atom. The van der Waals surface area contributed by atoms with Crippen LogP contribution in [0.5, 0.6) is 17.4 Å². The third kappa shape index (κ3) is 4.20. The molecule has 1 fully saturated rings. The summed E-state index contributed by atoms with van der Waals surface area (Å²) in [5, 5.41) is 12.9. The lowest BCUT2D eigenvalue weighted by molar-refractivity contribution is 0.158. The monoisotopic (exact) mass is 448 g/mol. The Labute approximate surface area is 186 Å². The van der Waals surface area contributed by atoms with Crippen molar-refractivity contribution in [1.29, 1.82) is 0 Å². The number of rotatable bonds is 6. The van der Waals surface area contributed by atoms with Crippen LogP contribution in [0.25, 0.3) is 16.5 Å². The molecule has 0 amide bonds. The summed E-state index contributed by atoms with van der Waals surface area (Å²) in [4.78, 5) is 2.44. The van der Waals surface area contributed by atoms with Crippen LogP contribution in [0.3, 0.4) is 0 Å². The predicted molar refractivity (Wildman–Crippen MR) is 122 cm³/mol. The number of ether oxygens (including phenoxy) is 2. The lowest BCUT2D eigenvalue weighted by Gasteiger charge is -2.30. The molecule has 0 saturated carbocycles. The molecule has 0 unspecified atom stereocenters. The van der Waals surface area contributed by atoms with Gasteiger partial charge in [-0.3, -0.25) is 9.47 Å². The highest BCUT2D eigenvalue weighted by atomic mass is 35.5. The molecule has 1 aliphatic heterocycles. The standard InChI is InChI=1S/C23H26Cl2N2O3/c1-15-7-9-26(10-8-15)11-12-30-20-13-17(4-6-19(20)29-2)27-14-16-3-5-18(24)22(25)21(16)23(27)28/h3-6,13-15,28H,7-12H2,1-2H3. The minimum absolute atomic E-state index is 0.0380. The Kier molecular flexibility index (Phi) is 6.32. The van der Waals surface area contributed by atoms with Crippen LogP contribution in [-0.2, 0) is 0 Å². The number of aromatic hydroxyl groups is 1. The summed E-state index contributed by atoms with van der Waals surface area (Å²) < 4.78 is 13.2. The lowest BCUT2D eigenvalue weighted by atomic mass is 9.99. The van der Waals surface area contributed by atoms with Crippen molar-refractivity contribution in [2.75, 3.05) is 33.4 Å². The summed E-state index contributed by atoms with van der Waals surface area (Å²) in [6.45, 7) is 6.01. The quantitative estimate of drug-likeness (QED) is 0.520. The van der Waals surface area contributed by atoms with E-state index in [2.05, 4.69) is 11.8 Å². The number of halogens is 2. The normalized spacial score (nSPS) is 15.6. The van der Waals surface area contributed by atoms with E-state index in [-0.39, 0.29) is 5.88 Å². The van der Waals surface area contributed by atoms with Gasteiger partial charge < -0.3 is 14.6 Å². The number of methoxy groups -OCH3 is 1. The zero-order valence-electron chi connectivity index (χ0n) is 17.2. The average Bonchev–Trinajstić information content (AvgIpc) is 3.09. The van der Waals surface area contributed by atoms with E-state index >= 15 is 0 Å². The van der Waals surface area contributed by atoms with E-state index in [1.807, 2.05) is 30.5 Å². The number of aromatic nitrogens is 1. The van der Waals surface area contributed by atoms with Crippen LogP contribution in [0.15, 0.2) is 36.5 Å². The van der Waals surface area contributed by atoms with E-state index in [0.29, 0.717) is 33.5 Å². The zero-order chi connectivity index (χ0) is 21.3. The van der Waals surface area contributed by atoms with Gasteiger partial charge in [-0.25, -0.2) is 0 Å².